The first kappa shape index (κ1) is 12.5. The Hall–Kier alpha value is -0.520. The molecular weight excluding hydrogens is 184 g/mol. The third-order valence-corrected chi connectivity index (χ3v) is 3.17. The topological polar surface area (TPSA) is 15.3 Å². The summed E-state index contributed by atoms with van der Waals surface area (Å²) in [5, 5.41) is 3.41. The van der Waals surface area contributed by atoms with Gasteiger partial charge in [-0.3, -0.25) is 4.90 Å². The van der Waals surface area contributed by atoms with E-state index < -0.39 is 0 Å². The Labute approximate surface area is 94.4 Å². The number of nitrogens with one attached hydrogen (secondary N) is 1. The summed E-state index contributed by atoms with van der Waals surface area (Å²) in [7, 11) is 0. The lowest BCUT2D eigenvalue weighted by Crippen LogP contribution is -2.32. The van der Waals surface area contributed by atoms with Crippen LogP contribution in [0.4, 0.5) is 0 Å². The summed E-state index contributed by atoms with van der Waals surface area (Å²) in [6.07, 6.45) is 10.6. The van der Waals surface area contributed by atoms with Crippen molar-refractivity contribution in [3.05, 3.63) is 0 Å². The number of terminal acetylenes is 1. The Morgan fingerprint density at radius 3 is 2.67 bits per heavy atom. The molecule has 0 atom stereocenters. The number of piperidine rings is 1. The first-order valence-corrected chi connectivity index (χ1v) is 6.23. The van der Waals surface area contributed by atoms with Crippen LogP contribution in [0.1, 0.15) is 32.6 Å². The molecule has 0 saturated carbocycles. The van der Waals surface area contributed by atoms with Crippen LogP contribution in [0.25, 0.3) is 0 Å². The molecule has 0 amide bonds. The maximum absolute atomic E-state index is 5.37. The lowest BCUT2D eigenvalue weighted by atomic mass is 9.94. The molecule has 1 aliphatic heterocycles. The van der Waals surface area contributed by atoms with Gasteiger partial charge in [0, 0.05) is 0 Å². The second-order valence-corrected chi connectivity index (χ2v) is 4.46. The third kappa shape index (κ3) is 5.20. The lowest BCUT2D eigenvalue weighted by Gasteiger charge is -2.26. The molecule has 1 rings (SSSR count). The minimum absolute atomic E-state index is 0.818. The Morgan fingerprint density at radius 2 is 2.07 bits per heavy atom. The van der Waals surface area contributed by atoms with E-state index >= 15 is 0 Å². The van der Waals surface area contributed by atoms with Gasteiger partial charge in [0.1, 0.15) is 0 Å². The van der Waals surface area contributed by atoms with Crippen molar-refractivity contribution in [2.75, 3.05) is 32.7 Å². The zero-order valence-corrected chi connectivity index (χ0v) is 9.97. The van der Waals surface area contributed by atoms with Gasteiger partial charge in [-0.05, 0) is 57.8 Å². The summed E-state index contributed by atoms with van der Waals surface area (Å²) in [4.78, 5) is 2.40. The van der Waals surface area contributed by atoms with Crippen molar-refractivity contribution in [2.24, 2.45) is 5.92 Å². The Kier molecular flexibility index (Phi) is 6.47. The monoisotopic (exact) mass is 208 g/mol. The number of rotatable bonds is 6. The summed E-state index contributed by atoms with van der Waals surface area (Å²) in [5.74, 6) is 3.67. The van der Waals surface area contributed by atoms with E-state index in [2.05, 4.69) is 23.1 Å². The standard InChI is InChI=1S/C13H24N2/c1-3-10-15(11-4-2)12-7-13-5-8-14-9-6-13/h1,13-14H,4-12H2,2H3. The normalized spacial score (nSPS) is 17.9. The van der Waals surface area contributed by atoms with E-state index in [1.807, 2.05) is 0 Å². The van der Waals surface area contributed by atoms with Crippen molar-refractivity contribution >= 4 is 0 Å². The smallest absolute Gasteiger partial charge is 0.0598 e. The predicted molar refractivity (Wildman–Crippen MR) is 65.8 cm³/mol. The first-order chi connectivity index (χ1) is 7.36. The summed E-state index contributed by atoms with van der Waals surface area (Å²) >= 11 is 0. The highest BCUT2D eigenvalue weighted by molar-refractivity contribution is 4.88. The lowest BCUT2D eigenvalue weighted by molar-refractivity contribution is 0.256. The summed E-state index contributed by atoms with van der Waals surface area (Å²) in [6.45, 7) is 7.77. The Bertz CT molecular complexity index is 189. The van der Waals surface area contributed by atoms with Gasteiger partial charge in [-0.2, -0.15) is 0 Å². The van der Waals surface area contributed by atoms with Crippen LogP contribution < -0.4 is 5.32 Å². The molecule has 2 heteroatoms. The molecule has 0 aromatic rings. The van der Waals surface area contributed by atoms with Crippen molar-refractivity contribution < 1.29 is 0 Å². The van der Waals surface area contributed by atoms with E-state index in [0.717, 1.165) is 19.0 Å². The van der Waals surface area contributed by atoms with Crippen molar-refractivity contribution in [3.63, 3.8) is 0 Å². The third-order valence-electron chi connectivity index (χ3n) is 3.17. The van der Waals surface area contributed by atoms with Crippen molar-refractivity contribution in [3.8, 4) is 12.3 Å². The molecule has 15 heavy (non-hydrogen) atoms. The second kappa shape index (κ2) is 7.73. The highest BCUT2D eigenvalue weighted by Crippen LogP contribution is 2.16. The molecule has 0 aliphatic carbocycles. The molecule has 1 fully saturated rings. The van der Waals surface area contributed by atoms with Crippen LogP contribution in [0, 0.1) is 18.3 Å². The van der Waals surface area contributed by atoms with Gasteiger partial charge in [-0.1, -0.05) is 12.8 Å². The fourth-order valence-electron chi connectivity index (χ4n) is 2.25. The average molecular weight is 208 g/mol. The van der Waals surface area contributed by atoms with E-state index in [1.165, 1.54) is 45.3 Å². The van der Waals surface area contributed by atoms with Crippen molar-refractivity contribution in [1.29, 1.82) is 0 Å². The van der Waals surface area contributed by atoms with Crippen LogP contribution in [0.5, 0.6) is 0 Å². The molecule has 0 bridgehead atoms. The van der Waals surface area contributed by atoms with E-state index in [4.69, 9.17) is 6.42 Å². The Balaban J connectivity index is 2.16. The first-order valence-electron chi connectivity index (χ1n) is 6.23. The molecule has 2 nitrogen and oxygen atoms in total. The molecule has 1 saturated heterocycles. The zero-order valence-electron chi connectivity index (χ0n) is 9.97. The van der Waals surface area contributed by atoms with Gasteiger partial charge in [0.2, 0.25) is 0 Å². The van der Waals surface area contributed by atoms with Gasteiger partial charge in [0.15, 0.2) is 0 Å². The van der Waals surface area contributed by atoms with E-state index in [0.29, 0.717) is 0 Å². The maximum Gasteiger partial charge on any atom is 0.0598 e. The van der Waals surface area contributed by atoms with Crippen LogP contribution in [-0.2, 0) is 0 Å². The van der Waals surface area contributed by atoms with Crippen LogP contribution >= 0.6 is 0 Å². The second-order valence-electron chi connectivity index (χ2n) is 4.46. The SMILES string of the molecule is C#CCN(CCC)CCC1CCNCC1. The van der Waals surface area contributed by atoms with Crippen molar-refractivity contribution in [1.82, 2.24) is 10.2 Å². The van der Waals surface area contributed by atoms with Crippen molar-refractivity contribution in [2.45, 2.75) is 32.6 Å². The van der Waals surface area contributed by atoms with Crippen LogP contribution in [-0.4, -0.2) is 37.6 Å². The van der Waals surface area contributed by atoms with Gasteiger partial charge in [0.05, 0.1) is 6.54 Å². The molecule has 0 radical (unpaired) electrons. The van der Waals surface area contributed by atoms with E-state index in [9.17, 15) is 0 Å². The van der Waals surface area contributed by atoms with Gasteiger partial charge < -0.3 is 5.32 Å². The van der Waals surface area contributed by atoms with Gasteiger partial charge >= 0.3 is 0 Å². The summed E-state index contributed by atoms with van der Waals surface area (Å²) in [6, 6.07) is 0. The minimum atomic E-state index is 0.818. The zero-order chi connectivity index (χ0) is 10.9. The van der Waals surface area contributed by atoms with Crippen LogP contribution in [0.15, 0.2) is 0 Å². The number of hydrogen-bond acceptors (Lipinski definition) is 2. The predicted octanol–water partition coefficient (Wildman–Crippen LogP) is 1.72. The molecule has 0 unspecified atom stereocenters. The molecule has 0 spiro atoms. The molecule has 86 valence electrons. The van der Waals surface area contributed by atoms with Crippen LogP contribution in [0.2, 0.25) is 0 Å². The Morgan fingerprint density at radius 1 is 1.33 bits per heavy atom. The minimum Gasteiger partial charge on any atom is -0.317 e. The summed E-state index contributed by atoms with van der Waals surface area (Å²) in [5.41, 5.74) is 0. The molecule has 1 heterocycles. The molecule has 1 N–H and O–H groups in total. The number of hydrogen-bond donors (Lipinski definition) is 1. The fourth-order valence-corrected chi connectivity index (χ4v) is 2.25. The fraction of sp³-hybridized carbons (Fsp3) is 0.846. The largest absolute Gasteiger partial charge is 0.317 e. The van der Waals surface area contributed by atoms with Crippen LogP contribution in [0.3, 0.4) is 0 Å². The molecule has 1 aliphatic rings. The molecule has 0 aromatic heterocycles. The highest BCUT2D eigenvalue weighted by Gasteiger charge is 2.13. The van der Waals surface area contributed by atoms with Gasteiger partial charge in [-0.15, -0.1) is 6.42 Å². The summed E-state index contributed by atoms with van der Waals surface area (Å²) < 4.78 is 0. The van der Waals surface area contributed by atoms with Gasteiger partial charge in [-0.25, -0.2) is 0 Å². The quantitative estimate of drug-likeness (QED) is 0.669. The van der Waals surface area contributed by atoms with Gasteiger partial charge in [0.25, 0.3) is 0 Å². The molecule has 0 aromatic carbocycles. The molecular formula is C13H24N2. The highest BCUT2D eigenvalue weighted by atomic mass is 15.1. The number of nitrogens with zero attached hydrogens (tertiary/aromatic N) is 1. The van der Waals surface area contributed by atoms with E-state index in [-0.39, 0.29) is 0 Å². The average Bonchev–Trinajstić information content (AvgIpc) is 2.28. The van der Waals surface area contributed by atoms with E-state index in [1.54, 1.807) is 0 Å². The maximum atomic E-state index is 5.37.